The van der Waals surface area contributed by atoms with Gasteiger partial charge >= 0.3 is 0 Å². The summed E-state index contributed by atoms with van der Waals surface area (Å²) in [6.07, 6.45) is 1.50. The maximum Gasteiger partial charge on any atom is 0.124 e. The average molecular weight is 290 g/mol. The largest absolute Gasteiger partial charge is 0.491 e. The third-order valence-electron chi connectivity index (χ3n) is 4.20. The molecule has 0 aromatic heterocycles. The normalized spacial score (nSPS) is 25.0. The summed E-state index contributed by atoms with van der Waals surface area (Å²) in [6.45, 7) is 11.7. The maximum atomic E-state index is 6.13. The minimum atomic E-state index is 0.184. The standard InChI is InChI=1S/C18H30N2O/c1-13(2)21-18-8-6-5-7-16(18)17(10-19)20-11-14(3)9-15(4)12-20/h5-8,13-15,17H,9-12,19H2,1-4H3. The topological polar surface area (TPSA) is 38.5 Å². The predicted octanol–water partition coefficient (Wildman–Crippen LogP) is 3.45. The fourth-order valence-electron chi connectivity index (χ4n) is 3.56. The number of nitrogens with two attached hydrogens (primary N) is 1. The van der Waals surface area contributed by atoms with E-state index in [2.05, 4.69) is 50.8 Å². The molecule has 0 amide bonds. The Balaban J connectivity index is 2.24. The number of ether oxygens (including phenoxy) is 1. The van der Waals surface area contributed by atoms with Crippen molar-refractivity contribution < 1.29 is 4.74 Å². The Morgan fingerprint density at radius 3 is 2.38 bits per heavy atom. The van der Waals surface area contributed by atoms with Crippen molar-refractivity contribution in [2.75, 3.05) is 19.6 Å². The van der Waals surface area contributed by atoms with E-state index in [1.807, 2.05) is 6.07 Å². The van der Waals surface area contributed by atoms with Gasteiger partial charge in [-0.25, -0.2) is 0 Å². The summed E-state index contributed by atoms with van der Waals surface area (Å²) in [6, 6.07) is 8.61. The second kappa shape index (κ2) is 7.28. The fourth-order valence-corrected chi connectivity index (χ4v) is 3.56. The van der Waals surface area contributed by atoms with Crippen molar-refractivity contribution >= 4 is 0 Å². The number of hydrogen-bond acceptors (Lipinski definition) is 3. The molecule has 0 radical (unpaired) electrons. The summed E-state index contributed by atoms with van der Waals surface area (Å²) in [7, 11) is 0. The van der Waals surface area contributed by atoms with Crippen molar-refractivity contribution in [3.63, 3.8) is 0 Å². The van der Waals surface area contributed by atoms with Crippen molar-refractivity contribution in [2.45, 2.75) is 46.3 Å². The van der Waals surface area contributed by atoms with Crippen molar-refractivity contribution in [3.05, 3.63) is 29.8 Å². The van der Waals surface area contributed by atoms with E-state index < -0.39 is 0 Å². The third-order valence-corrected chi connectivity index (χ3v) is 4.20. The molecule has 0 bridgehead atoms. The quantitative estimate of drug-likeness (QED) is 0.902. The lowest BCUT2D eigenvalue weighted by atomic mass is 9.89. The number of para-hydroxylation sites is 1. The monoisotopic (exact) mass is 290 g/mol. The Kier molecular flexibility index (Phi) is 5.65. The minimum Gasteiger partial charge on any atom is -0.491 e. The van der Waals surface area contributed by atoms with Gasteiger partial charge in [-0.2, -0.15) is 0 Å². The Hall–Kier alpha value is -1.06. The minimum absolute atomic E-state index is 0.184. The summed E-state index contributed by atoms with van der Waals surface area (Å²) in [5.74, 6) is 2.45. The van der Waals surface area contributed by atoms with E-state index in [9.17, 15) is 0 Å². The first-order valence-electron chi connectivity index (χ1n) is 8.21. The van der Waals surface area contributed by atoms with Crippen LogP contribution >= 0.6 is 0 Å². The molecule has 1 fully saturated rings. The fraction of sp³-hybridized carbons (Fsp3) is 0.667. The number of hydrogen-bond donors (Lipinski definition) is 1. The van der Waals surface area contributed by atoms with Gasteiger partial charge in [-0.1, -0.05) is 32.0 Å². The van der Waals surface area contributed by atoms with Gasteiger partial charge in [-0.15, -0.1) is 0 Å². The van der Waals surface area contributed by atoms with Gasteiger partial charge in [0.2, 0.25) is 0 Å². The predicted molar refractivity (Wildman–Crippen MR) is 88.5 cm³/mol. The molecule has 0 saturated carbocycles. The van der Waals surface area contributed by atoms with E-state index in [0.29, 0.717) is 6.54 Å². The molecule has 3 atom stereocenters. The Labute approximate surface area is 129 Å². The van der Waals surface area contributed by atoms with Crippen LogP contribution in [0.5, 0.6) is 5.75 Å². The molecule has 0 aliphatic carbocycles. The zero-order valence-corrected chi connectivity index (χ0v) is 13.9. The zero-order chi connectivity index (χ0) is 15.4. The SMILES string of the molecule is CC1CC(C)CN(C(CN)c2ccccc2OC(C)C)C1. The highest BCUT2D eigenvalue weighted by molar-refractivity contribution is 5.36. The molecule has 1 heterocycles. The van der Waals surface area contributed by atoms with Crippen molar-refractivity contribution in [1.82, 2.24) is 4.90 Å². The lowest BCUT2D eigenvalue weighted by molar-refractivity contribution is 0.0958. The van der Waals surface area contributed by atoms with Crippen molar-refractivity contribution in [2.24, 2.45) is 17.6 Å². The molecular formula is C18H30N2O. The van der Waals surface area contributed by atoms with Crippen LogP contribution in [0, 0.1) is 11.8 Å². The molecule has 118 valence electrons. The van der Waals surface area contributed by atoms with E-state index in [-0.39, 0.29) is 12.1 Å². The summed E-state index contributed by atoms with van der Waals surface area (Å²) in [4.78, 5) is 2.54. The van der Waals surface area contributed by atoms with E-state index in [0.717, 1.165) is 30.7 Å². The van der Waals surface area contributed by atoms with Crippen LogP contribution < -0.4 is 10.5 Å². The van der Waals surface area contributed by atoms with Gasteiger partial charge in [0.15, 0.2) is 0 Å². The van der Waals surface area contributed by atoms with Gasteiger partial charge in [-0.05, 0) is 38.2 Å². The number of likely N-dealkylation sites (tertiary alicyclic amines) is 1. The highest BCUT2D eigenvalue weighted by Gasteiger charge is 2.29. The van der Waals surface area contributed by atoms with E-state index in [4.69, 9.17) is 10.5 Å². The average Bonchev–Trinajstić information content (AvgIpc) is 2.40. The number of benzene rings is 1. The molecule has 2 rings (SSSR count). The summed E-state index contributed by atoms with van der Waals surface area (Å²) >= 11 is 0. The molecule has 3 nitrogen and oxygen atoms in total. The molecule has 21 heavy (non-hydrogen) atoms. The van der Waals surface area contributed by atoms with Gasteiger partial charge in [0.25, 0.3) is 0 Å². The van der Waals surface area contributed by atoms with Crippen molar-refractivity contribution in [3.8, 4) is 5.75 Å². The Bertz CT molecular complexity index is 437. The summed E-state index contributed by atoms with van der Waals surface area (Å²) in [5, 5.41) is 0. The van der Waals surface area contributed by atoms with Crippen LogP contribution in [-0.2, 0) is 0 Å². The van der Waals surface area contributed by atoms with Crippen LogP contribution in [0.15, 0.2) is 24.3 Å². The molecule has 1 aliphatic rings. The summed E-state index contributed by atoms with van der Waals surface area (Å²) in [5.41, 5.74) is 7.36. The Morgan fingerprint density at radius 1 is 1.19 bits per heavy atom. The van der Waals surface area contributed by atoms with Crippen LogP contribution in [-0.4, -0.2) is 30.6 Å². The first-order chi connectivity index (χ1) is 10.0. The molecule has 0 spiro atoms. The first-order valence-corrected chi connectivity index (χ1v) is 8.21. The summed E-state index contributed by atoms with van der Waals surface area (Å²) < 4.78 is 5.99. The molecular weight excluding hydrogens is 260 g/mol. The van der Waals surface area contributed by atoms with Crippen LogP contribution in [0.1, 0.15) is 45.7 Å². The third kappa shape index (κ3) is 4.21. The highest BCUT2D eigenvalue weighted by atomic mass is 16.5. The van der Waals surface area contributed by atoms with Crippen LogP contribution in [0.2, 0.25) is 0 Å². The number of piperidine rings is 1. The lowest BCUT2D eigenvalue weighted by Gasteiger charge is -2.40. The second-order valence-corrected chi connectivity index (χ2v) is 6.86. The van der Waals surface area contributed by atoms with Gasteiger partial charge < -0.3 is 10.5 Å². The van der Waals surface area contributed by atoms with Crippen LogP contribution in [0.3, 0.4) is 0 Å². The molecule has 1 aliphatic heterocycles. The molecule has 1 aromatic rings. The molecule has 2 N–H and O–H groups in total. The number of rotatable bonds is 5. The first kappa shape index (κ1) is 16.3. The van der Waals surface area contributed by atoms with Gasteiger partial charge in [0.05, 0.1) is 12.1 Å². The second-order valence-electron chi connectivity index (χ2n) is 6.86. The van der Waals surface area contributed by atoms with Crippen molar-refractivity contribution in [1.29, 1.82) is 0 Å². The molecule has 3 heteroatoms. The van der Waals surface area contributed by atoms with E-state index in [1.165, 1.54) is 12.0 Å². The highest BCUT2D eigenvalue weighted by Crippen LogP contribution is 2.33. The Morgan fingerprint density at radius 2 is 1.81 bits per heavy atom. The molecule has 1 saturated heterocycles. The number of nitrogens with zero attached hydrogens (tertiary/aromatic N) is 1. The maximum absolute atomic E-state index is 6.13. The van der Waals surface area contributed by atoms with E-state index >= 15 is 0 Å². The van der Waals surface area contributed by atoms with Gasteiger partial charge in [0, 0.05) is 25.2 Å². The van der Waals surface area contributed by atoms with Crippen LogP contribution in [0.25, 0.3) is 0 Å². The lowest BCUT2D eigenvalue weighted by Crippen LogP contribution is -2.43. The van der Waals surface area contributed by atoms with Gasteiger partial charge in [0.1, 0.15) is 5.75 Å². The molecule has 1 aromatic carbocycles. The molecule has 3 unspecified atom stereocenters. The smallest absolute Gasteiger partial charge is 0.124 e. The van der Waals surface area contributed by atoms with Gasteiger partial charge in [-0.3, -0.25) is 4.90 Å². The van der Waals surface area contributed by atoms with E-state index in [1.54, 1.807) is 0 Å². The zero-order valence-electron chi connectivity index (χ0n) is 13.9. The van der Waals surface area contributed by atoms with Crippen LogP contribution in [0.4, 0.5) is 0 Å².